The third kappa shape index (κ3) is 4.95. The molecule has 0 unspecified atom stereocenters. The molecule has 1 aromatic heterocycles. The monoisotopic (exact) mass is 431 g/mol. The van der Waals surface area contributed by atoms with E-state index in [1.54, 1.807) is 5.48 Å². The van der Waals surface area contributed by atoms with Gasteiger partial charge in [0.25, 0.3) is 5.91 Å². The molecule has 1 amide bonds. The van der Waals surface area contributed by atoms with Gasteiger partial charge in [-0.1, -0.05) is 0 Å². The van der Waals surface area contributed by atoms with Crippen LogP contribution in [0.4, 0.5) is 14.7 Å². The minimum Gasteiger partial charge on any atom is -0.341 e. The number of carbonyl (C=O) groups excluding carboxylic acids is 1. The molecule has 162 valence electrons. The van der Waals surface area contributed by atoms with Gasteiger partial charge in [-0.15, -0.1) is 12.4 Å². The van der Waals surface area contributed by atoms with Crippen LogP contribution in [-0.4, -0.2) is 64.6 Å². The Bertz CT molecular complexity index is 695. The predicted octanol–water partition coefficient (Wildman–Crippen LogP) is 2.75. The molecule has 0 aromatic carbocycles. The van der Waals surface area contributed by atoms with Gasteiger partial charge in [-0.25, -0.2) is 24.2 Å². The molecule has 1 saturated carbocycles. The zero-order chi connectivity index (χ0) is 19.8. The highest BCUT2D eigenvalue weighted by atomic mass is 35.5. The number of anilines is 1. The van der Waals surface area contributed by atoms with Crippen LogP contribution in [0.2, 0.25) is 0 Å². The maximum Gasteiger partial charge on any atom is 0.277 e. The molecule has 2 aliphatic heterocycles. The quantitative estimate of drug-likeness (QED) is 0.563. The van der Waals surface area contributed by atoms with Gasteiger partial charge in [0.15, 0.2) is 0 Å². The summed E-state index contributed by atoms with van der Waals surface area (Å²) in [6.45, 7) is 4.82. The average Bonchev–Trinajstić information content (AvgIpc) is 2.68. The number of carbonyl (C=O) groups is 1. The topological polar surface area (TPSA) is 81.6 Å². The lowest BCUT2D eigenvalue weighted by Gasteiger charge is -2.55. The number of alkyl halides is 2. The summed E-state index contributed by atoms with van der Waals surface area (Å²) < 4.78 is 26.6. The Kier molecular flexibility index (Phi) is 6.60. The number of halogens is 3. The van der Waals surface area contributed by atoms with Crippen LogP contribution in [0, 0.1) is 11.3 Å². The highest BCUT2D eigenvalue weighted by molar-refractivity contribution is 5.92. The van der Waals surface area contributed by atoms with E-state index in [0.29, 0.717) is 30.1 Å². The first kappa shape index (κ1) is 22.1. The SMILES string of the molecule is Cl.O=C(NO)c1cnc(N2CCC3(CC2)CN(CC2CCC(F)(F)CC2)C3)nc1. The summed E-state index contributed by atoms with van der Waals surface area (Å²) in [5.41, 5.74) is 2.13. The van der Waals surface area contributed by atoms with Gasteiger partial charge in [0.1, 0.15) is 0 Å². The summed E-state index contributed by atoms with van der Waals surface area (Å²) in [5, 5.41) is 8.64. The minimum atomic E-state index is -2.44. The van der Waals surface area contributed by atoms with Crippen LogP contribution in [0.1, 0.15) is 48.9 Å². The molecule has 3 heterocycles. The van der Waals surface area contributed by atoms with Gasteiger partial charge in [-0.3, -0.25) is 10.0 Å². The number of rotatable bonds is 4. The molecule has 7 nitrogen and oxygen atoms in total. The van der Waals surface area contributed by atoms with Crippen LogP contribution in [-0.2, 0) is 0 Å². The van der Waals surface area contributed by atoms with Crippen LogP contribution in [0.15, 0.2) is 12.4 Å². The van der Waals surface area contributed by atoms with E-state index in [0.717, 1.165) is 45.6 Å². The first-order valence-electron chi connectivity index (χ1n) is 10.00. The minimum absolute atomic E-state index is 0. The van der Waals surface area contributed by atoms with E-state index < -0.39 is 11.8 Å². The van der Waals surface area contributed by atoms with Gasteiger partial charge >= 0.3 is 0 Å². The third-order valence-corrected chi connectivity index (χ3v) is 6.58. The Labute approximate surface area is 175 Å². The lowest BCUT2D eigenvalue weighted by atomic mass is 9.71. The number of aromatic nitrogens is 2. The molecule has 10 heteroatoms. The van der Waals surface area contributed by atoms with Gasteiger partial charge in [0.05, 0.1) is 5.56 Å². The molecule has 1 aromatic rings. The van der Waals surface area contributed by atoms with Gasteiger partial charge < -0.3 is 9.80 Å². The summed E-state index contributed by atoms with van der Waals surface area (Å²) in [7, 11) is 0. The fraction of sp³-hybridized carbons (Fsp3) is 0.737. The first-order valence-corrected chi connectivity index (χ1v) is 10.00. The molecule has 4 rings (SSSR count). The molecule has 2 N–H and O–H groups in total. The van der Waals surface area contributed by atoms with Crippen molar-refractivity contribution in [2.75, 3.05) is 37.6 Å². The van der Waals surface area contributed by atoms with Gasteiger partial charge in [-0.05, 0) is 37.0 Å². The van der Waals surface area contributed by atoms with Crippen molar-refractivity contribution in [1.29, 1.82) is 0 Å². The van der Waals surface area contributed by atoms with Crippen molar-refractivity contribution in [3.63, 3.8) is 0 Å². The Balaban J connectivity index is 0.00000240. The number of piperidine rings is 1. The molecule has 3 aliphatic rings. The van der Waals surface area contributed by atoms with Crippen LogP contribution < -0.4 is 10.4 Å². The summed E-state index contributed by atoms with van der Waals surface area (Å²) in [4.78, 5) is 24.4. The van der Waals surface area contributed by atoms with Gasteiger partial charge in [0, 0.05) is 58.0 Å². The normalized spacial score (nSPS) is 23.9. The zero-order valence-corrected chi connectivity index (χ0v) is 17.1. The summed E-state index contributed by atoms with van der Waals surface area (Å²) in [5.74, 6) is -2.05. The Morgan fingerprint density at radius 1 is 1.14 bits per heavy atom. The fourth-order valence-corrected chi connectivity index (χ4v) is 4.84. The largest absolute Gasteiger partial charge is 0.341 e. The highest BCUT2D eigenvalue weighted by Crippen LogP contribution is 2.43. The van der Waals surface area contributed by atoms with E-state index in [1.165, 1.54) is 12.4 Å². The van der Waals surface area contributed by atoms with Crippen molar-refractivity contribution in [3.8, 4) is 0 Å². The highest BCUT2D eigenvalue weighted by Gasteiger charge is 2.46. The molecular weight excluding hydrogens is 404 g/mol. The fourth-order valence-electron chi connectivity index (χ4n) is 4.84. The van der Waals surface area contributed by atoms with Gasteiger partial charge in [0.2, 0.25) is 11.9 Å². The number of nitrogens with zero attached hydrogens (tertiary/aromatic N) is 4. The van der Waals surface area contributed by atoms with Crippen molar-refractivity contribution in [2.45, 2.75) is 44.4 Å². The van der Waals surface area contributed by atoms with Crippen LogP contribution >= 0.6 is 12.4 Å². The molecule has 0 atom stereocenters. The van der Waals surface area contributed by atoms with E-state index in [-0.39, 0.29) is 30.8 Å². The van der Waals surface area contributed by atoms with Gasteiger partial charge in [-0.2, -0.15) is 0 Å². The third-order valence-electron chi connectivity index (χ3n) is 6.58. The van der Waals surface area contributed by atoms with E-state index in [4.69, 9.17) is 5.21 Å². The first-order chi connectivity index (χ1) is 13.4. The van der Waals surface area contributed by atoms with Crippen LogP contribution in [0.5, 0.6) is 0 Å². The number of amides is 1. The van der Waals surface area contributed by atoms with Crippen LogP contribution in [0.3, 0.4) is 0 Å². The Hall–Kier alpha value is -1.58. The number of hydrogen-bond donors (Lipinski definition) is 2. The predicted molar refractivity (Wildman–Crippen MR) is 106 cm³/mol. The van der Waals surface area contributed by atoms with Crippen molar-refractivity contribution in [2.24, 2.45) is 11.3 Å². The van der Waals surface area contributed by atoms with E-state index in [2.05, 4.69) is 19.8 Å². The second-order valence-corrected chi connectivity index (χ2v) is 8.67. The second kappa shape index (κ2) is 8.65. The smallest absolute Gasteiger partial charge is 0.277 e. The molecule has 3 fully saturated rings. The summed E-state index contributed by atoms with van der Waals surface area (Å²) in [6.07, 6.45) is 6.34. The molecule has 1 aliphatic carbocycles. The molecular formula is C19H28ClF2N5O2. The van der Waals surface area contributed by atoms with Crippen molar-refractivity contribution >= 4 is 24.3 Å². The van der Waals surface area contributed by atoms with E-state index in [9.17, 15) is 13.6 Å². The average molecular weight is 432 g/mol. The summed E-state index contributed by atoms with van der Waals surface area (Å²) >= 11 is 0. The number of hydrogen-bond acceptors (Lipinski definition) is 6. The van der Waals surface area contributed by atoms with Crippen molar-refractivity contribution < 1.29 is 18.8 Å². The lowest BCUT2D eigenvalue weighted by molar-refractivity contribution is -0.0663. The number of nitrogens with one attached hydrogen (secondary N) is 1. The summed E-state index contributed by atoms with van der Waals surface area (Å²) in [6, 6.07) is 0. The number of likely N-dealkylation sites (tertiary alicyclic amines) is 1. The van der Waals surface area contributed by atoms with E-state index in [1.807, 2.05) is 0 Å². The second-order valence-electron chi connectivity index (χ2n) is 8.67. The maximum absolute atomic E-state index is 13.3. The van der Waals surface area contributed by atoms with Crippen molar-refractivity contribution in [1.82, 2.24) is 20.3 Å². The lowest BCUT2D eigenvalue weighted by Crippen LogP contribution is -2.61. The molecule has 0 bridgehead atoms. The molecule has 2 saturated heterocycles. The number of hydroxylamine groups is 1. The standard InChI is InChI=1S/C19H27F2N5O2.ClH/c20-19(21)3-1-14(2-4-19)11-25-12-18(13-25)5-7-26(8-6-18)17-22-9-15(10-23-17)16(27)24-28;/h9-10,14,28H,1-8,11-13H2,(H,24,27);1H. The van der Waals surface area contributed by atoms with E-state index >= 15 is 0 Å². The van der Waals surface area contributed by atoms with Crippen molar-refractivity contribution in [3.05, 3.63) is 18.0 Å². The zero-order valence-electron chi connectivity index (χ0n) is 16.3. The maximum atomic E-state index is 13.3. The Morgan fingerprint density at radius 2 is 1.72 bits per heavy atom. The molecule has 29 heavy (non-hydrogen) atoms. The Morgan fingerprint density at radius 3 is 2.28 bits per heavy atom. The molecule has 0 radical (unpaired) electrons. The van der Waals surface area contributed by atoms with Crippen LogP contribution in [0.25, 0.3) is 0 Å². The molecule has 1 spiro atoms.